The van der Waals surface area contributed by atoms with E-state index in [4.69, 9.17) is 22.6 Å². The first-order valence-corrected chi connectivity index (χ1v) is 15.8. The van der Waals surface area contributed by atoms with Gasteiger partial charge in [0.2, 0.25) is 0 Å². The molecular formula is C31H39FN10OS. The molecule has 232 valence electrons. The molecule has 2 aliphatic rings. The lowest BCUT2D eigenvalue weighted by Crippen LogP contribution is -2.49. The number of hydrogen-bond donors (Lipinski definition) is 3. The quantitative estimate of drug-likeness (QED) is 0.164. The van der Waals surface area contributed by atoms with Crippen LogP contribution in [0.5, 0.6) is 0 Å². The number of tetrazole rings is 1. The average molecular weight is 619 g/mol. The van der Waals surface area contributed by atoms with E-state index in [2.05, 4.69) is 44.9 Å². The normalized spacial score (nSPS) is 22.8. The topological polar surface area (TPSA) is 118 Å². The molecule has 2 N–H and O–H groups in total. The summed E-state index contributed by atoms with van der Waals surface area (Å²) in [6.07, 6.45) is 4.10. The van der Waals surface area contributed by atoms with Crippen LogP contribution in [0.15, 0.2) is 58.6 Å². The van der Waals surface area contributed by atoms with Crippen LogP contribution >= 0.6 is 12.6 Å². The van der Waals surface area contributed by atoms with Gasteiger partial charge in [-0.3, -0.25) is 9.36 Å². The molecule has 0 spiro atoms. The number of benzene rings is 2. The van der Waals surface area contributed by atoms with Gasteiger partial charge in [0, 0.05) is 43.7 Å². The summed E-state index contributed by atoms with van der Waals surface area (Å²) in [5, 5.41) is 19.4. The van der Waals surface area contributed by atoms with Crippen molar-refractivity contribution in [2.45, 2.75) is 57.5 Å². The third-order valence-electron chi connectivity index (χ3n) is 9.03. The summed E-state index contributed by atoms with van der Waals surface area (Å²) in [5.74, 6) is 2.01. The number of fused-ring (bicyclic) bond motifs is 1. The minimum atomic E-state index is -0.290. The number of piperazine rings is 1. The molecule has 0 amide bonds. The fourth-order valence-corrected chi connectivity index (χ4v) is 6.51. The number of aliphatic imine (C=N–C) groups is 1. The molecule has 13 heteroatoms. The highest BCUT2D eigenvalue weighted by Gasteiger charge is 2.33. The van der Waals surface area contributed by atoms with E-state index in [0.29, 0.717) is 46.8 Å². The first-order chi connectivity index (χ1) is 21.4. The molecule has 4 atom stereocenters. The maximum absolute atomic E-state index is 13.8. The molecule has 3 unspecified atom stereocenters. The van der Waals surface area contributed by atoms with Crippen LogP contribution in [0.25, 0.3) is 10.9 Å². The summed E-state index contributed by atoms with van der Waals surface area (Å²) in [4.78, 5) is 26.4. The molecule has 44 heavy (non-hydrogen) atoms. The van der Waals surface area contributed by atoms with Crippen molar-refractivity contribution in [3.63, 3.8) is 0 Å². The van der Waals surface area contributed by atoms with Crippen molar-refractivity contribution < 1.29 is 4.39 Å². The molecule has 11 nitrogen and oxygen atoms in total. The maximum atomic E-state index is 13.8. The van der Waals surface area contributed by atoms with Gasteiger partial charge in [0.25, 0.3) is 5.56 Å². The van der Waals surface area contributed by atoms with Crippen molar-refractivity contribution >= 4 is 35.2 Å². The molecular weight excluding hydrogens is 579 g/mol. The van der Waals surface area contributed by atoms with Crippen LogP contribution in [-0.4, -0.2) is 78.1 Å². The highest BCUT2D eigenvalue weighted by molar-refractivity contribution is 7.81. The van der Waals surface area contributed by atoms with Gasteiger partial charge in [-0.25, -0.2) is 19.0 Å². The number of nitrogens with one attached hydrogen (secondary N) is 2. The molecule has 1 saturated heterocycles. The number of nitrogens with zero attached hydrogens (tertiary/aromatic N) is 8. The lowest BCUT2D eigenvalue weighted by molar-refractivity contribution is 0.247. The summed E-state index contributed by atoms with van der Waals surface area (Å²) in [7, 11) is 0. The van der Waals surface area contributed by atoms with Gasteiger partial charge in [0.1, 0.15) is 24.5 Å². The number of aryl methyl sites for hydroxylation is 1. The number of guanidine groups is 1. The summed E-state index contributed by atoms with van der Waals surface area (Å²) >= 11 is 4.81. The zero-order chi connectivity index (χ0) is 30.6. The van der Waals surface area contributed by atoms with Gasteiger partial charge in [-0.1, -0.05) is 26.0 Å². The largest absolute Gasteiger partial charge is 0.340 e. The van der Waals surface area contributed by atoms with Crippen LogP contribution < -0.4 is 16.2 Å². The second-order valence-corrected chi connectivity index (χ2v) is 12.5. The number of anilines is 1. The van der Waals surface area contributed by atoms with Crippen molar-refractivity contribution in [3.05, 3.63) is 76.4 Å². The van der Waals surface area contributed by atoms with E-state index in [1.807, 2.05) is 18.2 Å². The number of halogens is 1. The number of hydrogen-bond acceptors (Lipinski definition) is 8. The van der Waals surface area contributed by atoms with Gasteiger partial charge in [0.15, 0.2) is 5.96 Å². The minimum Gasteiger partial charge on any atom is -0.340 e. The Morgan fingerprint density at radius 3 is 2.66 bits per heavy atom. The van der Waals surface area contributed by atoms with E-state index >= 15 is 0 Å². The fourth-order valence-electron chi connectivity index (χ4n) is 6.09. The van der Waals surface area contributed by atoms with E-state index in [-0.39, 0.29) is 24.0 Å². The SMILES string of the molecule is CC1C(N=C(Nc2ccc3c(=O)n(CCc4ccc(F)cc4)c(Cn4cnnn4)nc3c2)N2CCNCC2)CCC(S)[C@H]1C. The monoisotopic (exact) mass is 618 g/mol. The Morgan fingerprint density at radius 1 is 1.11 bits per heavy atom. The van der Waals surface area contributed by atoms with Crippen LogP contribution in [0.3, 0.4) is 0 Å². The first-order valence-electron chi connectivity index (χ1n) is 15.3. The van der Waals surface area contributed by atoms with Gasteiger partial charge >= 0.3 is 0 Å². The highest BCUT2D eigenvalue weighted by atomic mass is 32.1. The number of rotatable bonds is 7. The summed E-state index contributed by atoms with van der Waals surface area (Å²) < 4.78 is 16.6. The molecule has 1 aliphatic carbocycles. The molecule has 2 aromatic heterocycles. The van der Waals surface area contributed by atoms with Crippen molar-refractivity contribution in [1.29, 1.82) is 0 Å². The summed E-state index contributed by atoms with van der Waals surface area (Å²) in [6, 6.07) is 12.2. The smallest absolute Gasteiger partial charge is 0.261 e. The molecule has 1 saturated carbocycles. The standard InChI is InChI=1S/C31H39FN10OS/c1-20-21(2)28(44)10-9-26(20)37-31(40-15-12-33-13-16-40)35-24-7-8-25-27(17-24)36-29(18-41-19-34-38-39-41)42(30(25)43)14-11-22-3-5-23(32)6-4-22/h3-8,17,19-21,26,28,33,44H,9-16,18H2,1-2H3,(H,35,37)/t20?,21-,26?,28?/m0/s1. The zero-order valence-electron chi connectivity index (χ0n) is 25.1. The molecule has 6 rings (SSSR count). The Bertz CT molecular complexity index is 1650. The molecule has 0 bridgehead atoms. The lowest BCUT2D eigenvalue weighted by atomic mass is 9.78. The number of aromatic nitrogens is 6. The Morgan fingerprint density at radius 2 is 1.91 bits per heavy atom. The molecule has 2 fully saturated rings. The van der Waals surface area contributed by atoms with E-state index in [9.17, 15) is 9.18 Å². The molecule has 0 radical (unpaired) electrons. The van der Waals surface area contributed by atoms with Crippen LogP contribution in [0.2, 0.25) is 0 Å². The van der Waals surface area contributed by atoms with E-state index < -0.39 is 0 Å². The summed E-state index contributed by atoms with van der Waals surface area (Å²) in [6.45, 7) is 8.68. The van der Waals surface area contributed by atoms with Crippen LogP contribution in [0.4, 0.5) is 10.1 Å². The van der Waals surface area contributed by atoms with Crippen molar-refractivity contribution in [2.24, 2.45) is 16.8 Å². The Balaban J connectivity index is 1.33. The minimum absolute atomic E-state index is 0.144. The van der Waals surface area contributed by atoms with Gasteiger partial charge in [-0.2, -0.15) is 12.6 Å². The van der Waals surface area contributed by atoms with Crippen LogP contribution in [0, 0.1) is 17.7 Å². The van der Waals surface area contributed by atoms with Crippen molar-refractivity contribution in [1.82, 2.24) is 40.0 Å². The third kappa shape index (κ3) is 6.78. The van der Waals surface area contributed by atoms with Crippen LogP contribution in [-0.2, 0) is 19.5 Å². The fraction of sp³-hybridized carbons (Fsp3) is 0.484. The second kappa shape index (κ2) is 13.4. The predicted molar refractivity (Wildman–Crippen MR) is 173 cm³/mol. The van der Waals surface area contributed by atoms with E-state index in [1.165, 1.54) is 18.5 Å². The number of thiol groups is 1. The van der Waals surface area contributed by atoms with Crippen molar-refractivity contribution in [3.8, 4) is 0 Å². The van der Waals surface area contributed by atoms with Gasteiger partial charge < -0.3 is 15.5 Å². The maximum Gasteiger partial charge on any atom is 0.261 e. The first kappa shape index (κ1) is 30.2. The molecule has 1 aliphatic heterocycles. The van der Waals surface area contributed by atoms with E-state index in [1.54, 1.807) is 21.4 Å². The Labute approximate surface area is 261 Å². The van der Waals surface area contributed by atoms with Crippen molar-refractivity contribution in [2.75, 3.05) is 31.5 Å². The summed E-state index contributed by atoms with van der Waals surface area (Å²) in [5.41, 5.74) is 2.19. The van der Waals surface area contributed by atoms with Crippen LogP contribution in [0.1, 0.15) is 38.1 Å². The van der Waals surface area contributed by atoms with Gasteiger partial charge in [0.05, 0.1) is 16.9 Å². The highest BCUT2D eigenvalue weighted by Crippen LogP contribution is 2.35. The zero-order valence-corrected chi connectivity index (χ0v) is 26.0. The lowest BCUT2D eigenvalue weighted by Gasteiger charge is -2.38. The van der Waals surface area contributed by atoms with Gasteiger partial charge in [-0.15, -0.1) is 5.10 Å². The molecule has 3 heterocycles. The Hall–Kier alpha value is -3.84. The average Bonchev–Trinajstić information content (AvgIpc) is 3.55. The Kier molecular flexibility index (Phi) is 9.22. The second-order valence-electron chi connectivity index (χ2n) is 11.8. The molecule has 4 aromatic rings. The van der Waals surface area contributed by atoms with Gasteiger partial charge in [-0.05, 0) is 77.4 Å². The predicted octanol–water partition coefficient (Wildman–Crippen LogP) is 3.22. The third-order valence-corrected chi connectivity index (χ3v) is 9.76. The van der Waals surface area contributed by atoms with E-state index in [0.717, 1.165) is 56.2 Å². The molecule has 2 aromatic carbocycles.